The molecular weight excluding hydrogens is 290 g/mol. The summed E-state index contributed by atoms with van der Waals surface area (Å²) in [5.41, 5.74) is 3.15. The molecule has 23 heavy (non-hydrogen) atoms. The number of carbonyl (C=O) groups is 1. The van der Waals surface area contributed by atoms with Crippen LogP contribution in [0.1, 0.15) is 46.6 Å². The standard InChI is InChI=1S/C18H23N3O2/c1-14-11-17(23-20-14)18(22)19-12-15-7-3-4-8-16(15)13-21-9-5-2-6-10-21/h3-4,7-8,11H,2,5-6,9-10,12-13H2,1H3,(H,19,22). The van der Waals surface area contributed by atoms with Crippen LogP contribution >= 0.6 is 0 Å². The highest BCUT2D eigenvalue weighted by atomic mass is 16.5. The van der Waals surface area contributed by atoms with Crippen molar-refractivity contribution < 1.29 is 9.32 Å². The number of benzene rings is 1. The summed E-state index contributed by atoms with van der Waals surface area (Å²) < 4.78 is 5.00. The number of aryl methyl sites for hydroxylation is 1. The molecule has 122 valence electrons. The van der Waals surface area contributed by atoms with Gasteiger partial charge in [0.1, 0.15) is 0 Å². The second kappa shape index (κ2) is 7.42. The van der Waals surface area contributed by atoms with E-state index in [1.54, 1.807) is 13.0 Å². The highest BCUT2D eigenvalue weighted by Gasteiger charge is 2.14. The molecule has 1 aromatic carbocycles. The second-order valence-electron chi connectivity index (χ2n) is 6.12. The van der Waals surface area contributed by atoms with Crippen molar-refractivity contribution in [3.05, 3.63) is 52.9 Å². The van der Waals surface area contributed by atoms with Crippen molar-refractivity contribution in [1.29, 1.82) is 0 Å². The van der Waals surface area contributed by atoms with Crippen LogP contribution in [0.25, 0.3) is 0 Å². The number of hydrogen-bond acceptors (Lipinski definition) is 4. The summed E-state index contributed by atoms with van der Waals surface area (Å²) in [7, 11) is 0. The molecule has 5 heteroatoms. The van der Waals surface area contributed by atoms with Gasteiger partial charge in [-0.25, -0.2) is 0 Å². The maximum atomic E-state index is 12.1. The predicted octanol–water partition coefficient (Wildman–Crippen LogP) is 2.90. The van der Waals surface area contributed by atoms with Crippen LogP contribution in [0.15, 0.2) is 34.9 Å². The first-order valence-electron chi connectivity index (χ1n) is 8.23. The Morgan fingerprint density at radius 2 is 1.96 bits per heavy atom. The zero-order valence-electron chi connectivity index (χ0n) is 13.5. The summed E-state index contributed by atoms with van der Waals surface area (Å²) in [4.78, 5) is 14.6. The van der Waals surface area contributed by atoms with Gasteiger partial charge in [-0.2, -0.15) is 0 Å². The average Bonchev–Trinajstić information content (AvgIpc) is 3.01. The molecule has 0 spiro atoms. The van der Waals surface area contributed by atoms with Crippen LogP contribution in [-0.2, 0) is 13.1 Å². The lowest BCUT2D eigenvalue weighted by molar-refractivity contribution is 0.0913. The number of nitrogens with zero attached hydrogens (tertiary/aromatic N) is 2. The fourth-order valence-electron chi connectivity index (χ4n) is 2.98. The van der Waals surface area contributed by atoms with E-state index < -0.39 is 0 Å². The number of amides is 1. The van der Waals surface area contributed by atoms with E-state index >= 15 is 0 Å². The SMILES string of the molecule is Cc1cc(C(=O)NCc2ccccc2CN2CCCCC2)on1. The molecule has 0 aliphatic carbocycles. The van der Waals surface area contributed by atoms with Crippen LogP contribution in [0.4, 0.5) is 0 Å². The van der Waals surface area contributed by atoms with Gasteiger partial charge in [0.05, 0.1) is 5.69 Å². The molecule has 1 fully saturated rings. The van der Waals surface area contributed by atoms with E-state index in [9.17, 15) is 4.79 Å². The van der Waals surface area contributed by atoms with Gasteiger partial charge in [-0.15, -0.1) is 0 Å². The number of piperidine rings is 1. The molecule has 0 radical (unpaired) electrons. The smallest absolute Gasteiger partial charge is 0.290 e. The summed E-state index contributed by atoms with van der Waals surface area (Å²) in [5.74, 6) is 0.0365. The molecule has 1 N–H and O–H groups in total. The summed E-state index contributed by atoms with van der Waals surface area (Å²) >= 11 is 0. The Labute approximate surface area is 136 Å². The molecule has 1 aliphatic rings. The van der Waals surface area contributed by atoms with Crippen LogP contribution in [0.5, 0.6) is 0 Å². The van der Waals surface area contributed by atoms with Crippen molar-refractivity contribution >= 4 is 5.91 Å². The monoisotopic (exact) mass is 313 g/mol. The first-order chi connectivity index (χ1) is 11.2. The van der Waals surface area contributed by atoms with Crippen molar-refractivity contribution in [2.24, 2.45) is 0 Å². The van der Waals surface area contributed by atoms with E-state index in [4.69, 9.17) is 4.52 Å². The van der Waals surface area contributed by atoms with Crippen molar-refractivity contribution in [1.82, 2.24) is 15.4 Å². The summed E-state index contributed by atoms with van der Waals surface area (Å²) in [6.45, 7) is 5.58. The molecule has 0 atom stereocenters. The zero-order chi connectivity index (χ0) is 16.1. The van der Waals surface area contributed by atoms with Crippen LogP contribution in [0.3, 0.4) is 0 Å². The van der Waals surface area contributed by atoms with E-state index in [0.29, 0.717) is 12.2 Å². The predicted molar refractivity (Wildman–Crippen MR) is 88.0 cm³/mol. The fourth-order valence-corrected chi connectivity index (χ4v) is 2.98. The van der Waals surface area contributed by atoms with E-state index in [-0.39, 0.29) is 11.7 Å². The first-order valence-corrected chi connectivity index (χ1v) is 8.23. The molecule has 1 aliphatic heterocycles. The minimum Gasteiger partial charge on any atom is -0.351 e. The number of aromatic nitrogens is 1. The van der Waals surface area contributed by atoms with Gasteiger partial charge in [0, 0.05) is 19.2 Å². The van der Waals surface area contributed by atoms with Gasteiger partial charge in [0.2, 0.25) is 5.76 Å². The Morgan fingerprint density at radius 1 is 1.22 bits per heavy atom. The third kappa shape index (κ3) is 4.20. The highest BCUT2D eigenvalue weighted by molar-refractivity contribution is 5.91. The number of carbonyl (C=O) groups excluding carboxylic acids is 1. The third-order valence-corrected chi connectivity index (χ3v) is 4.25. The lowest BCUT2D eigenvalue weighted by Crippen LogP contribution is -2.30. The molecule has 1 saturated heterocycles. The summed E-state index contributed by atoms with van der Waals surface area (Å²) in [6, 6.07) is 9.94. The molecule has 2 aromatic rings. The molecular formula is C18H23N3O2. The van der Waals surface area contributed by atoms with Gasteiger partial charge in [-0.1, -0.05) is 35.8 Å². The molecule has 0 saturated carbocycles. The van der Waals surface area contributed by atoms with Crippen molar-refractivity contribution in [2.45, 2.75) is 39.3 Å². The number of rotatable bonds is 5. The Kier molecular flexibility index (Phi) is 5.08. The largest absolute Gasteiger partial charge is 0.351 e. The lowest BCUT2D eigenvalue weighted by Gasteiger charge is -2.27. The number of nitrogens with one attached hydrogen (secondary N) is 1. The highest BCUT2D eigenvalue weighted by Crippen LogP contribution is 2.16. The second-order valence-corrected chi connectivity index (χ2v) is 6.12. The lowest BCUT2D eigenvalue weighted by atomic mass is 10.0. The van der Waals surface area contributed by atoms with Gasteiger partial charge < -0.3 is 9.84 Å². The van der Waals surface area contributed by atoms with Crippen LogP contribution in [0.2, 0.25) is 0 Å². The Balaban J connectivity index is 1.62. The average molecular weight is 313 g/mol. The van der Waals surface area contributed by atoms with Crippen LogP contribution in [0, 0.1) is 6.92 Å². The maximum absolute atomic E-state index is 12.1. The quantitative estimate of drug-likeness (QED) is 0.922. The fraction of sp³-hybridized carbons (Fsp3) is 0.444. The van der Waals surface area contributed by atoms with Crippen LogP contribution < -0.4 is 5.32 Å². The van der Waals surface area contributed by atoms with Crippen molar-refractivity contribution in [3.63, 3.8) is 0 Å². The Hall–Kier alpha value is -2.14. The third-order valence-electron chi connectivity index (χ3n) is 4.25. The normalized spacial score (nSPS) is 15.5. The van der Waals surface area contributed by atoms with Gasteiger partial charge >= 0.3 is 0 Å². The molecule has 3 rings (SSSR count). The number of likely N-dealkylation sites (tertiary alicyclic amines) is 1. The van der Waals surface area contributed by atoms with Gasteiger partial charge in [0.25, 0.3) is 5.91 Å². The molecule has 1 aromatic heterocycles. The topological polar surface area (TPSA) is 58.4 Å². The Bertz CT molecular complexity index is 660. The van der Waals surface area contributed by atoms with Gasteiger partial charge in [-0.3, -0.25) is 9.69 Å². The van der Waals surface area contributed by atoms with Gasteiger partial charge in [-0.05, 0) is 44.0 Å². The summed E-state index contributed by atoms with van der Waals surface area (Å²) in [5, 5.41) is 6.66. The minimum absolute atomic E-state index is 0.224. The van der Waals surface area contributed by atoms with Crippen molar-refractivity contribution in [3.8, 4) is 0 Å². The van der Waals surface area contributed by atoms with Gasteiger partial charge in [0.15, 0.2) is 0 Å². The van der Waals surface area contributed by atoms with E-state index in [1.165, 1.54) is 24.8 Å². The molecule has 2 heterocycles. The molecule has 5 nitrogen and oxygen atoms in total. The first kappa shape index (κ1) is 15.7. The molecule has 1 amide bonds. The van der Waals surface area contributed by atoms with E-state index in [2.05, 4.69) is 33.6 Å². The Morgan fingerprint density at radius 3 is 2.65 bits per heavy atom. The molecule has 0 unspecified atom stereocenters. The van der Waals surface area contributed by atoms with E-state index in [0.717, 1.165) is 25.2 Å². The zero-order valence-corrected chi connectivity index (χ0v) is 13.5. The summed E-state index contributed by atoms with van der Waals surface area (Å²) in [6.07, 6.45) is 3.90. The minimum atomic E-state index is -0.224. The maximum Gasteiger partial charge on any atom is 0.290 e. The van der Waals surface area contributed by atoms with Crippen LogP contribution in [-0.4, -0.2) is 29.1 Å². The number of hydrogen-bond donors (Lipinski definition) is 1. The van der Waals surface area contributed by atoms with E-state index in [1.807, 2.05) is 6.07 Å². The van der Waals surface area contributed by atoms with Crippen molar-refractivity contribution in [2.75, 3.05) is 13.1 Å². The molecule has 0 bridgehead atoms.